The van der Waals surface area contributed by atoms with E-state index in [1.807, 2.05) is 23.2 Å². The van der Waals surface area contributed by atoms with Gasteiger partial charge in [0.2, 0.25) is 5.91 Å². The maximum absolute atomic E-state index is 13.1. The minimum absolute atomic E-state index is 0.187. The van der Waals surface area contributed by atoms with Gasteiger partial charge in [-0.1, -0.05) is 12.1 Å². The Kier molecular flexibility index (Phi) is 5.25. The predicted octanol–water partition coefficient (Wildman–Crippen LogP) is 3.00. The monoisotopic (exact) mass is 370 g/mol. The first-order chi connectivity index (χ1) is 13.1. The fourth-order valence-electron chi connectivity index (χ4n) is 4.61. The molecule has 0 bridgehead atoms. The Morgan fingerprint density at radius 1 is 1.19 bits per heavy atom. The largest absolute Gasteiger partial charge is 0.348 e. The van der Waals surface area contributed by atoms with E-state index < -0.39 is 0 Å². The van der Waals surface area contributed by atoms with E-state index in [2.05, 4.69) is 14.9 Å². The van der Waals surface area contributed by atoms with Crippen molar-refractivity contribution in [3.8, 4) is 0 Å². The van der Waals surface area contributed by atoms with Gasteiger partial charge < -0.3 is 9.88 Å². The SMILES string of the molecule is O=C1CC[C@]2(CCCN(Cc3ccc(F)cc3)C2)CN1CCc1cnc[nH]1. The van der Waals surface area contributed by atoms with E-state index >= 15 is 0 Å². The number of likely N-dealkylation sites (tertiary alicyclic amines) is 2. The van der Waals surface area contributed by atoms with Gasteiger partial charge in [0, 0.05) is 56.3 Å². The molecule has 0 radical (unpaired) electrons. The second kappa shape index (κ2) is 7.80. The number of aromatic nitrogens is 2. The third kappa shape index (κ3) is 4.38. The lowest BCUT2D eigenvalue weighted by molar-refractivity contribution is -0.139. The molecule has 0 unspecified atom stereocenters. The number of benzene rings is 1. The molecule has 2 aliphatic heterocycles. The quantitative estimate of drug-likeness (QED) is 0.880. The molecule has 1 aromatic carbocycles. The number of nitrogens with zero attached hydrogens (tertiary/aromatic N) is 3. The summed E-state index contributed by atoms with van der Waals surface area (Å²) in [6.07, 6.45) is 8.30. The highest BCUT2D eigenvalue weighted by Gasteiger charge is 2.41. The molecule has 4 rings (SSSR count). The zero-order valence-corrected chi connectivity index (χ0v) is 15.7. The van der Waals surface area contributed by atoms with Crippen LogP contribution in [0, 0.1) is 11.2 Å². The van der Waals surface area contributed by atoms with Crippen LogP contribution >= 0.6 is 0 Å². The summed E-state index contributed by atoms with van der Waals surface area (Å²) < 4.78 is 13.1. The van der Waals surface area contributed by atoms with Crippen LogP contribution in [-0.4, -0.2) is 51.9 Å². The first-order valence-corrected chi connectivity index (χ1v) is 9.84. The number of hydrogen-bond donors (Lipinski definition) is 1. The number of carbonyl (C=O) groups excluding carboxylic acids is 1. The van der Waals surface area contributed by atoms with E-state index in [1.165, 1.54) is 18.6 Å². The lowest BCUT2D eigenvalue weighted by Gasteiger charge is -2.48. The number of H-pyrrole nitrogens is 1. The summed E-state index contributed by atoms with van der Waals surface area (Å²) >= 11 is 0. The maximum Gasteiger partial charge on any atom is 0.222 e. The van der Waals surface area contributed by atoms with Crippen LogP contribution in [0.1, 0.15) is 36.9 Å². The van der Waals surface area contributed by atoms with Crippen LogP contribution in [0.2, 0.25) is 0 Å². The topological polar surface area (TPSA) is 52.2 Å². The molecule has 0 saturated carbocycles. The van der Waals surface area contributed by atoms with Crippen LogP contribution in [0.15, 0.2) is 36.8 Å². The van der Waals surface area contributed by atoms with E-state index in [0.717, 1.165) is 63.2 Å². The van der Waals surface area contributed by atoms with Crippen molar-refractivity contribution in [1.29, 1.82) is 0 Å². The highest BCUT2D eigenvalue weighted by molar-refractivity contribution is 5.77. The van der Waals surface area contributed by atoms with E-state index in [0.29, 0.717) is 6.42 Å². The minimum atomic E-state index is -0.187. The molecule has 27 heavy (non-hydrogen) atoms. The number of aromatic amines is 1. The molecular weight excluding hydrogens is 343 g/mol. The van der Waals surface area contributed by atoms with Gasteiger partial charge in [-0.05, 0) is 43.5 Å². The van der Waals surface area contributed by atoms with Crippen LogP contribution in [0.5, 0.6) is 0 Å². The van der Waals surface area contributed by atoms with Crippen molar-refractivity contribution in [2.45, 2.75) is 38.6 Å². The van der Waals surface area contributed by atoms with Crippen molar-refractivity contribution in [3.05, 3.63) is 53.9 Å². The number of rotatable bonds is 5. The van der Waals surface area contributed by atoms with Gasteiger partial charge >= 0.3 is 0 Å². The molecule has 1 N–H and O–H groups in total. The second-order valence-corrected chi connectivity index (χ2v) is 8.08. The Morgan fingerprint density at radius 2 is 2.04 bits per heavy atom. The standard InChI is InChI=1S/C21H27FN4O/c22-18-4-2-17(3-5-18)13-25-10-1-8-21(14-25)9-6-20(27)26(15-21)11-7-19-12-23-16-24-19/h2-5,12,16H,1,6-11,13-15H2,(H,23,24)/t21-/m0/s1. The van der Waals surface area contributed by atoms with Crippen LogP contribution < -0.4 is 0 Å². The van der Waals surface area contributed by atoms with Crippen LogP contribution in [0.3, 0.4) is 0 Å². The van der Waals surface area contributed by atoms with Gasteiger partial charge in [0.1, 0.15) is 5.82 Å². The Balaban J connectivity index is 1.38. The Labute approximate surface area is 159 Å². The first kappa shape index (κ1) is 18.2. The van der Waals surface area contributed by atoms with Crippen molar-refractivity contribution < 1.29 is 9.18 Å². The molecule has 2 aliphatic rings. The maximum atomic E-state index is 13.1. The number of nitrogens with one attached hydrogen (secondary N) is 1. The first-order valence-electron chi connectivity index (χ1n) is 9.84. The third-order valence-electron chi connectivity index (χ3n) is 6.01. The summed E-state index contributed by atoms with van der Waals surface area (Å²) in [7, 11) is 0. The van der Waals surface area contributed by atoms with Crippen LogP contribution in [0.25, 0.3) is 0 Å². The summed E-state index contributed by atoms with van der Waals surface area (Å²) in [4.78, 5) is 24.1. The summed E-state index contributed by atoms with van der Waals surface area (Å²) in [5, 5.41) is 0. The van der Waals surface area contributed by atoms with E-state index in [-0.39, 0.29) is 17.1 Å². The van der Waals surface area contributed by atoms with Crippen molar-refractivity contribution in [1.82, 2.24) is 19.8 Å². The fraction of sp³-hybridized carbons (Fsp3) is 0.524. The van der Waals surface area contributed by atoms with Gasteiger partial charge in [-0.3, -0.25) is 9.69 Å². The van der Waals surface area contributed by atoms with Crippen LogP contribution in [-0.2, 0) is 17.8 Å². The average Bonchev–Trinajstić information content (AvgIpc) is 3.19. The normalized spacial score (nSPS) is 23.9. The van der Waals surface area contributed by atoms with E-state index in [4.69, 9.17) is 0 Å². The predicted molar refractivity (Wildman–Crippen MR) is 101 cm³/mol. The highest BCUT2D eigenvalue weighted by atomic mass is 19.1. The number of halogens is 1. The molecule has 5 nitrogen and oxygen atoms in total. The number of carbonyl (C=O) groups is 1. The van der Waals surface area contributed by atoms with Gasteiger partial charge in [-0.2, -0.15) is 0 Å². The Bertz CT molecular complexity index is 761. The number of hydrogen-bond acceptors (Lipinski definition) is 3. The molecule has 6 heteroatoms. The van der Waals surface area contributed by atoms with Gasteiger partial charge in [-0.15, -0.1) is 0 Å². The number of imidazole rings is 1. The molecule has 1 amide bonds. The molecule has 3 heterocycles. The molecule has 2 fully saturated rings. The lowest BCUT2D eigenvalue weighted by atomic mass is 9.73. The minimum Gasteiger partial charge on any atom is -0.348 e. The summed E-state index contributed by atoms with van der Waals surface area (Å²) in [6.45, 7) is 4.53. The van der Waals surface area contributed by atoms with Crippen molar-refractivity contribution in [2.24, 2.45) is 5.41 Å². The van der Waals surface area contributed by atoms with Gasteiger partial charge in [0.25, 0.3) is 0 Å². The second-order valence-electron chi connectivity index (χ2n) is 8.08. The molecule has 1 spiro atoms. The molecule has 144 valence electrons. The van der Waals surface area contributed by atoms with Crippen LogP contribution in [0.4, 0.5) is 4.39 Å². The average molecular weight is 370 g/mol. The zero-order chi connectivity index (χ0) is 18.7. The molecule has 2 saturated heterocycles. The molecule has 1 aromatic heterocycles. The van der Waals surface area contributed by atoms with Crippen molar-refractivity contribution in [3.63, 3.8) is 0 Å². The van der Waals surface area contributed by atoms with Gasteiger partial charge in [-0.25, -0.2) is 9.37 Å². The fourth-order valence-corrected chi connectivity index (χ4v) is 4.61. The van der Waals surface area contributed by atoms with Crippen molar-refractivity contribution in [2.75, 3.05) is 26.2 Å². The van der Waals surface area contributed by atoms with Gasteiger partial charge in [0.15, 0.2) is 0 Å². The van der Waals surface area contributed by atoms with Gasteiger partial charge in [0.05, 0.1) is 6.33 Å². The molecule has 0 aliphatic carbocycles. The highest BCUT2D eigenvalue weighted by Crippen LogP contribution is 2.39. The van der Waals surface area contributed by atoms with Crippen molar-refractivity contribution >= 4 is 5.91 Å². The zero-order valence-electron chi connectivity index (χ0n) is 15.7. The Hall–Kier alpha value is -2.21. The summed E-state index contributed by atoms with van der Waals surface area (Å²) in [5.41, 5.74) is 2.42. The number of piperidine rings is 2. The summed E-state index contributed by atoms with van der Waals surface area (Å²) in [5.74, 6) is 0.0864. The number of amides is 1. The van der Waals surface area contributed by atoms with E-state index in [1.54, 1.807) is 6.33 Å². The molecular formula is C21H27FN4O. The van der Waals surface area contributed by atoms with E-state index in [9.17, 15) is 9.18 Å². The third-order valence-corrected chi connectivity index (χ3v) is 6.01. The Morgan fingerprint density at radius 3 is 2.81 bits per heavy atom. The lowest BCUT2D eigenvalue weighted by Crippen LogP contribution is -2.54. The summed E-state index contributed by atoms with van der Waals surface area (Å²) in [6, 6.07) is 6.81. The molecule has 2 aromatic rings. The smallest absolute Gasteiger partial charge is 0.222 e. The molecule has 1 atom stereocenters.